The number of aromatic nitrogens is 3. The normalized spacial score (nSPS) is 11.0. The molecule has 2 heterocycles. The minimum Gasteiger partial charge on any atom is -0.315 e. The molecule has 0 spiro atoms. The van der Waals surface area contributed by atoms with Crippen LogP contribution in [0.3, 0.4) is 0 Å². The molecule has 3 aromatic rings. The van der Waals surface area contributed by atoms with Crippen LogP contribution in [0.15, 0.2) is 41.9 Å². The number of nitrogens with one attached hydrogen (secondary N) is 1. The van der Waals surface area contributed by atoms with E-state index in [1.807, 2.05) is 79.2 Å². The van der Waals surface area contributed by atoms with Crippen molar-refractivity contribution in [1.82, 2.24) is 19.7 Å². The summed E-state index contributed by atoms with van der Waals surface area (Å²) in [5.74, 6) is 0.714. The number of nitrogens with zero attached hydrogens (tertiary/aromatic N) is 4. The van der Waals surface area contributed by atoms with Crippen LogP contribution < -0.4 is 5.32 Å². The molecular formula is C20H25N5OS. The molecule has 0 saturated heterocycles. The van der Waals surface area contributed by atoms with Gasteiger partial charge in [0, 0.05) is 23.5 Å². The zero-order valence-electron chi connectivity index (χ0n) is 16.1. The van der Waals surface area contributed by atoms with E-state index in [0.717, 1.165) is 21.8 Å². The number of benzene rings is 1. The number of rotatable bonds is 6. The third-order valence-corrected chi connectivity index (χ3v) is 5.18. The summed E-state index contributed by atoms with van der Waals surface area (Å²) in [4.78, 5) is 20.3. The van der Waals surface area contributed by atoms with Gasteiger partial charge >= 0.3 is 6.03 Å². The van der Waals surface area contributed by atoms with E-state index in [9.17, 15) is 4.79 Å². The highest BCUT2D eigenvalue weighted by atomic mass is 32.1. The second-order valence-electron chi connectivity index (χ2n) is 6.84. The Labute approximate surface area is 163 Å². The molecule has 0 unspecified atom stereocenters. The van der Waals surface area contributed by atoms with Crippen molar-refractivity contribution in [3.63, 3.8) is 0 Å². The predicted molar refractivity (Wildman–Crippen MR) is 109 cm³/mol. The van der Waals surface area contributed by atoms with E-state index < -0.39 is 0 Å². The molecule has 0 aliphatic carbocycles. The van der Waals surface area contributed by atoms with Crippen LogP contribution >= 0.6 is 11.3 Å². The summed E-state index contributed by atoms with van der Waals surface area (Å²) in [5.41, 5.74) is 4.75. The van der Waals surface area contributed by atoms with Crippen LogP contribution in [0, 0.1) is 13.8 Å². The molecule has 27 heavy (non-hydrogen) atoms. The molecule has 1 N–H and O–H groups in total. The topological polar surface area (TPSA) is 63.1 Å². The highest BCUT2D eigenvalue weighted by molar-refractivity contribution is 7.09. The molecule has 2 aromatic heterocycles. The van der Waals surface area contributed by atoms with Crippen molar-refractivity contribution in [3.8, 4) is 0 Å². The molecule has 0 aliphatic rings. The zero-order chi connectivity index (χ0) is 19.4. The molecule has 0 aliphatic heterocycles. The fourth-order valence-electron chi connectivity index (χ4n) is 2.85. The van der Waals surface area contributed by atoms with Crippen LogP contribution in [-0.2, 0) is 13.1 Å². The minimum absolute atomic E-state index is 0.145. The lowest BCUT2D eigenvalue weighted by molar-refractivity contribution is 0.206. The van der Waals surface area contributed by atoms with Gasteiger partial charge in [0.15, 0.2) is 0 Å². The Morgan fingerprint density at radius 3 is 2.59 bits per heavy atom. The van der Waals surface area contributed by atoms with E-state index in [0.29, 0.717) is 18.9 Å². The highest BCUT2D eigenvalue weighted by Gasteiger charge is 2.19. The molecule has 0 radical (unpaired) electrons. The lowest BCUT2D eigenvalue weighted by Gasteiger charge is -2.23. The van der Waals surface area contributed by atoms with E-state index in [1.165, 1.54) is 0 Å². The zero-order valence-corrected chi connectivity index (χ0v) is 17.0. The molecule has 1 aromatic carbocycles. The number of hydrogen-bond donors (Lipinski definition) is 1. The molecular weight excluding hydrogens is 358 g/mol. The van der Waals surface area contributed by atoms with Crippen LogP contribution in [0.5, 0.6) is 0 Å². The predicted octanol–water partition coefficient (Wildman–Crippen LogP) is 4.77. The average Bonchev–Trinajstić information content (AvgIpc) is 3.20. The van der Waals surface area contributed by atoms with Crippen molar-refractivity contribution >= 4 is 23.2 Å². The molecule has 0 bridgehead atoms. The third-order valence-electron chi connectivity index (χ3n) is 4.26. The Hall–Kier alpha value is -2.67. The number of amides is 2. The first-order chi connectivity index (χ1) is 12.9. The van der Waals surface area contributed by atoms with E-state index in [4.69, 9.17) is 0 Å². The average molecular weight is 384 g/mol. The van der Waals surface area contributed by atoms with Gasteiger partial charge in [0.25, 0.3) is 0 Å². The summed E-state index contributed by atoms with van der Waals surface area (Å²) in [7, 11) is 0. The molecule has 0 atom stereocenters. The van der Waals surface area contributed by atoms with Gasteiger partial charge in [0.05, 0.1) is 23.4 Å². The molecule has 0 saturated carbocycles. The summed E-state index contributed by atoms with van der Waals surface area (Å²) in [6, 6.07) is 11.9. The van der Waals surface area contributed by atoms with Gasteiger partial charge in [-0.15, -0.1) is 11.3 Å². The number of carbonyl (C=O) groups excluding carboxylic acids is 1. The molecule has 142 valence electrons. The Morgan fingerprint density at radius 1 is 1.22 bits per heavy atom. The van der Waals surface area contributed by atoms with Gasteiger partial charge in [0.1, 0.15) is 5.82 Å². The maximum absolute atomic E-state index is 13.1. The summed E-state index contributed by atoms with van der Waals surface area (Å²) in [6.45, 7) is 9.04. The Morgan fingerprint density at radius 2 is 1.96 bits per heavy atom. The van der Waals surface area contributed by atoms with Crippen LogP contribution in [0.1, 0.15) is 41.7 Å². The van der Waals surface area contributed by atoms with Gasteiger partial charge in [-0.05, 0) is 33.3 Å². The minimum atomic E-state index is -0.145. The van der Waals surface area contributed by atoms with E-state index in [2.05, 4.69) is 15.4 Å². The van der Waals surface area contributed by atoms with Crippen molar-refractivity contribution < 1.29 is 4.79 Å². The first kappa shape index (κ1) is 19.1. The van der Waals surface area contributed by atoms with Crippen molar-refractivity contribution in [2.75, 3.05) is 5.32 Å². The Balaban J connectivity index is 1.83. The number of urea groups is 1. The molecule has 7 heteroatoms. The second kappa shape index (κ2) is 8.35. The van der Waals surface area contributed by atoms with Crippen LogP contribution in [0.4, 0.5) is 10.6 Å². The first-order valence-electron chi connectivity index (χ1n) is 8.99. The van der Waals surface area contributed by atoms with Gasteiger partial charge in [0.2, 0.25) is 0 Å². The molecule has 6 nitrogen and oxygen atoms in total. The number of hydrogen-bond acceptors (Lipinski definition) is 4. The number of anilines is 1. The lowest BCUT2D eigenvalue weighted by atomic mass is 10.2. The maximum atomic E-state index is 13.1. The van der Waals surface area contributed by atoms with Crippen molar-refractivity contribution in [2.45, 2.75) is 46.8 Å². The van der Waals surface area contributed by atoms with Gasteiger partial charge in [-0.1, -0.05) is 30.3 Å². The summed E-state index contributed by atoms with van der Waals surface area (Å²) in [5, 5.41) is 7.51. The van der Waals surface area contributed by atoms with Gasteiger partial charge in [-0.2, -0.15) is 5.10 Å². The van der Waals surface area contributed by atoms with E-state index in [1.54, 1.807) is 11.3 Å². The number of carbonyl (C=O) groups is 1. The fourth-order valence-corrected chi connectivity index (χ4v) is 3.64. The van der Waals surface area contributed by atoms with Crippen molar-refractivity contribution in [1.29, 1.82) is 0 Å². The van der Waals surface area contributed by atoms with Gasteiger partial charge in [-0.3, -0.25) is 5.32 Å². The Bertz CT molecular complexity index is 900. The Kier molecular flexibility index (Phi) is 5.91. The maximum Gasteiger partial charge on any atom is 0.323 e. The number of aryl methyl sites for hydroxylation is 2. The van der Waals surface area contributed by atoms with Crippen LogP contribution in [-0.4, -0.2) is 25.7 Å². The van der Waals surface area contributed by atoms with E-state index >= 15 is 0 Å². The van der Waals surface area contributed by atoms with E-state index in [-0.39, 0.29) is 12.1 Å². The SMILES string of the molecule is Cc1cc(NC(=O)N(Cc2ccccc2)Cc2scnc2C)n(C(C)C)n1. The molecule has 2 amide bonds. The van der Waals surface area contributed by atoms with Crippen molar-refractivity contribution in [3.05, 3.63) is 63.7 Å². The summed E-state index contributed by atoms with van der Waals surface area (Å²) >= 11 is 1.57. The van der Waals surface area contributed by atoms with Crippen LogP contribution in [0.2, 0.25) is 0 Å². The lowest BCUT2D eigenvalue weighted by Crippen LogP contribution is -2.34. The second-order valence-corrected chi connectivity index (χ2v) is 7.78. The molecule has 0 fully saturated rings. The van der Waals surface area contributed by atoms with Crippen LogP contribution in [0.25, 0.3) is 0 Å². The molecule has 3 rings (SSSR count). The third kappa shape index (κ3) is 4.74. The van der Waals surface area contributed by atoms with Crippen molar-refractivity contribution in [2.24, 2.45) is 0 Å². The quantitative estimate of drug-likeness (QED) is 0.667. The summed E-state index contributed by atoms with van der Waals surface area (Å²) < 4.78 is 1.84. The monoisotopic (exact) mass is 383 g/mol. The number of thiazole rings is 1. The smallest absolute Gasteiger partial charge is 0.315 e. The largest absolute Gasteiger partial charge is 0.323 e. The first-order valence-corrected chi connectivity index (χ1v) is 9.87. The standard InChI is InChI=1S/C20H25N5OS/c1-14(2)25-19(10-15(3)23-25)22-20(26)24(11-17-8-6-5-7-9-17)12-18-16(4)21-13-27-18/h5-10,13-14H,11-12H2,1-4H3,(H,22,26). The van der Waals surface area contributed by atoms with Gasteiger partial charge < -0.3 is 4.90 Å². The van der Waals surface area contributed by atoms with Gasteiger partial charge in [-0.25, -0.2) is 14.5 Å². The summed E-state index contributed by atoms with van der Waals surface area (Å²) in [6.07, 6.45) is 0. The highest BCUT2D eigenvalue weighted by Crippen LogP contribution is 2.20. The fraction of sp³-hybridized carbons (Fsp3) is 0.350.